The van der Waals surface area contributed by atoms with Crippen LogP contribution in [0.25, 0.3) is 0 Å². The lowest BCUT2D eigenvalue weighted by atomic mass is 9.97. The summed E-state index contributed by atoms with van der Waals surface area (Å²) in [6.45, 7) is 5.18. The van der Waals surface area contributed by atoms with E-state index in [1.54, 1.807) is 45.0 Å². The molecule has 0 fully saturated rings. The molecule has 1 aromatic rings. The summed E-state index contributed by atoms with van der Waals surface area (Å²) < 4.78 is 9.90. The van der Waals surface area contributed by atoms with Crippen LogP contribution in [-0.4, -0.2) is 30.7 Å². The molecular formula is C16H19NO5. The molecule has 2 rings (SSSR count). The van der Waals surface area contributed by atoms with Gasteiger partial charge in [0.15, 0.2) is 0 Å². The van der Waals surface area contributed by atoms with E-state index in [0.29, 0.717) is 11.3 Å². The first-order valence-electron chi connectivity index (χ1n) is 6.97. The van der Waals surface area contributed by atoms with Gasteiger partial charge in [-0.05, 0) is 32.4 Å². The Morgan fingerprint density at radius 3 is 2.45 bits per heavy atom. The summed E-state index contributed by atoms with van der Waals surface area (Å²) in [4.78, 5) is 37.4. The predicted octanol–water partition coefficient (Wildman–Crippen LogP) is 2.62. The molecule has 0 aliphatic carbocycles. The van der Waals surface area contributed by atoms with E-state index in [1.807, 2.05) is 0 Å². The van der Waals surface area contributed by atoms with Gasteiger partial charge >= 0.3 is 12.1 Å². The van der Waals surface area contributed by atoms with Gasteiger partial charge in [-0.25, -0.2) is 9.69 Å². The smallest absolute Gasteiger partial charge is 0.421 e. The summed E-state index contributed by atoms with van der Waals surface area (Å²) >= 11 is 0. The second kappa shape index (κ2) is 5.79. The van der Waals surface area contributed by atoms with E-state index in [4.69, 9.17) is 4.74 Å². The minimum Gasteiger partial charge on any atom is -0.469 e. The number of imide groups is 1. The number of ether oxygens (including phenoxy) is 2. The molecular weight excluding hydrogens is 286 g/mol. The number of anilines is 1. The third-order valence-corrected chi connectivity index (χ3v) is 3.25. The van der Waals surface area contributed by atoms with E-state index in [0.717, 1.165) is 4.90 Å². The first-order chi connectivity index (χ1) is 10.2. The average Bonchev–Trinajstić information content (AvgIpc) is 2.70. The number of fused-ring (bicyclic) bond motifs is 1. The molecule has 1 heterocycles. The molecule has 0 spiro atoms. The number of nitrogens with zero attached hydrogens (tertiary/aromatic N) is 1. The molecule has 6 heteroatoms. The highest BCUT2D eigenvalue weighted by Crippen LogP contribution is 2.39. The van der Waals surface area contributed by atoms with Gasteiger partial charge in [-0.3, -0.25) is 9.59 Å². The van der Waals surface area contributed by atoms with Crippen molar-refractivity contribution in [2.75, 3.05) is 12.0 Å². The lowest BCUT2D eigenvalue weighted by molar-refractivity contribution is -0.142. The Hall–Kier alpha value is -2.37. The fraction of sp³-hybridized carbons (Fsp3) is 0.438. The van der Waals surface area contributed by atoms with Crippen LogP contribution in [0.4, 0.5) is 10.5 Å². The SMILES string of the molecule is COC(=O)CC1C(=O)N(C(=O)OC(C)(C)C)c2ccccc21. The normalized spacial score (nSPS) is 17.2. The number of hydrogen-bond acceptors (Lipinski definition) is 5. The maximum atomic E-state index is 12.6. The number of para-hydroxylation sites is 1. The topological polar surface area (TPSA) is 72.9 Å². The van der Waals surface area contributed by atoms with Crippen LogP contribution in [0.2, 0.25) is 0 Å². The van der Waals surface area contributed by atoms with Crippen molar-refractivity contribution in [2.45, 2.75) is 38.7 Å². The Labute approximate surface area is 129 Å². The van der Waals surface area contributed by atoms with Gasteiger partial charge in [-0.2, -0.15) is 0 Å². The molecule has 1 unspecified atom stereocenters. The third-order valence-electron chi connectivity index (χ3n) is 3.25. The van der Waals surface area contributed by atoms with E-state index in [1.165, 1.54) is 7.11 Å². The monoisotopic (exact) mass is 305 g/mol. The van der Waals surface area contributed by atoms with Crippen LogP contribution in [0.3, 0.4) is 0 Å². The lowest BCUT2D eigenvalue weighted by Crippen LogP contribution is -2.39. The molecule has 0 N–H and O–H groups in total. The zero-order valence-corrected chi connectivity index (χ0v) is 13.1. The quantitative estimate of drug-likeness (QED) is 0.785. The maximum Gasteiger partial charge on any atom is 0.421 e. The van der Waals surface area contributed by atoms with Crippen molar-refractivity contribution < 1.29 is 23.9 Å². The molecule has 1 atom stereocenters. The third kappa shape index (κ3) is 3.10. The standard InChI is InChI=1S/C16H19NO5/c1-16(2,3)22-15(20)17-12-8-6-5-7-10(12)11(14(17)19)9-13(18)21-4/h5-8,11H,9H2,1-4H3. The van der Waals surface area contributed by atoms with E-state index in [-0.39, 0.29) is 6.42 Å². The summed E-state index contributed by atoms with van der Waals surface area (Å²) in [5, 5.41) is 0. The Balaban J connectivity index is 2.35. The average molecular weight is 305 g/mol. The van der Waals surface area contributed by atoms with Crippen LogP contribution in [0.5, 0.6) is 0 Å². The number of rotatable bonds is 2. The fourth-order valence-corrected chi connectivity index (χ4v) is 2.34. The largest absolute Gasteiger partial charge is 0.469 e. The number of amides is 2. The van der Waals surface area contributed by atoms with Gasteiger partial charge in [-0.15, -0.1) is 0 Å². The Bertz CT molecular complexity index is 617. The zero-order valence-electron chi connectivity index (χ0n) is 13.1. The van der Waals surface area contributed by atoms with E-state index in [2.05, 4.69) is 4.74 Å². The zero-order chi connectivity index (χ0) is 16.5. The van der Waals surface area contributed by atoms with E-state index >= 15 is 0 Å². The molecule has 118 valence electrons. The highest BCUT2D eigenvalue weighted by molar-refractivity contribution is 6.19. The van der Waals surface area contributed by atoms with Gasteiger partial charge in [0.2, 0.25) is 5.91 Å². The number of methoxy groups -OCH3 is 1. The second-order valence-corrected chi connectivity index (χ2v) is 6.05. The summed E-state index contributed by atoms with van der Waals surface area (Å²) in [7, 11) is 1.26. The number of carbonyl (C=O) groups excluding carboxylic acids is 3. The Morgan fingerprint density at radius 2 is 1.86 bits per heavy atom. The van der Waals surface area contributed by atoms with Gasteiger partial charge in [0.1, 0.15) is 5.60 Å². The van der Waals surface area contributed by atoms with Crippen LogP contribution >= 0.6 is 0 Å². The minimum atomic E-state index is -0.739. The van der Waals surface area contributed by atoms with Crippen molar-refractivity contribution in [1.82, 2.24) is 0 Å². The van der Waals surface area contributed by atoms with Crippen molar-refractivity contribution in [3.8, 4) is 0 Å². The van der Waals surface area contributed by atoms with Gasteiger partial charge in [0, 0.05) is 0 Å². The van der Waals surface area contributed by atoms with Gasteiger partial charge < -0.3 is 9.47 Å². The summed E-state index contributed by atoms with van der Waals surface area (Å²) in [6.07, 6.45) is -0.844. The molecule has 22 heavy (non-hydrogen) atoms. The highest BCUT2D eigenvalue weighted by Gasteiger charge is 2.43. The summed E-state index contributed by atoms with van der Waals surface area (Å²) in [6, 6.07) is 6.87. The van der Waals surface area contributed by atoms with Crippen LogP contribution in [0.1, 0.15) is 38.7 Å². The van der Waals surface area contributed by atoms with Crippen molar-refractivity contribution >= 4 is 23.7 Å². The maximum absolute atomic E-state index is 12.6. The van der Waals surface area contributed by atoms with Crippen LogP contribution < -0.4 is 4.90 Å². The van der Waals surface area contributed by atoms with Crippen molar-refractivity contribution in [1.29, 1.82) is 0 Å². The minimum absolute atomic E-state index is 0.106. The van der Waals surface area contributed by atoms with E-state index in [9.17, 15) is 14.4 Å². The fourth-order valence-electron chi connectivity index (χ4n) is 2.34. The number of carbonyl (C=O) groups is 3. The molecule has 0 saturated heterocycles. The molecule has 0 aromatic heterocycles. The van der Waals surface area contributed by atoms with Crippen molar-refractivity contribution in [3.05, 3.63) is 29.8 Å². The molecule has 1 aliphatic heterocycles. The first-order valence-corrected chi connectivity index (χ1v) is 6.97. The summed E-state index contributed by atoms with van der Waals surface area (Å²) in [5.74, 6) is -1.70. The molecule has 2 amide bonds. The summed E-state index contributed by atoms with van der Waals surface area (Å²) in [5.41, 5.74) is 0.367. The number of benzene rings is 1. The highest BCUT2D eigenvalue weighted by atomic mass is 16.6. The molecule has 6 nitrogen and oxygen atoms in total. The molecule has 1 aliphatic rings. The van der Waals surface area contributed by atoms with Gasteiger partial charge in [-0.1, -0.05) is 18.2 Å². The molecule has 1 aromatic carbocycles. The molecule has 0 saturated carbocycles. The molecule has 0 radical (unpaired) electrons. The lowest BCUT2D eigenvalue weighted by Gasteiger charge is -2.24. The van der Waals surface area contributed by atoms with Gasteiger partial charge in [0.05, 0.1) is 25.1 Å². The number of hydrogen-bond donors (Lipinski definition) is 0. The van der Waals surface area contributed by atoms with Gasteiger partial charge in [0.25, 0.3) is 0 Å². The van der Waals surface area contributed by atoms with Crippen molar-refractivity contribution in [3.63, 3.8) is 0 Å². The Kier molecular flexibility index (Phi) is 4.21. The second-order valence-electron chi connectivity index (χ2n) is 6.05. The first kappa shape index (κ1) is 16.0. The van der Waals surface area contributed by atoms with E-state index < -0.39 is 29.5 Å². The Morgan fingerprint density at radius 1 is 1.23 bits per heavy atom. The predicted molar refractivity (Wildman–Crippen MR) is 79.5 cm³/mol. The number of esters is 1. The van der Waals surface area contributed by atoms with Crippen molar-refractivity contribution in [2.24, 2.45) is 0 Å². The van der Waals surface area contributed by atoms with Crippen LogP contribution in [-0.2, 0) is 19.1 Å². The van der Waals surface area contributed by atoms with Crippen LogP contribution in [0.15, 0.2) is 24.3 Å². The molecule has 0 bridgehead atoms. The van der Waals surface area contributed by atoms with Crippen LogP contribution in [0, 0.1) is 0 Å².